The average Bonchev–Trinajstić information content (AvgIpc) is 2.83. The van der Waals surface area contributed by atoms with Crippen LogP contribution in [0.1, 0.15) is 13.3 Å². The molecule has 1 fully saturated rings. The molecule has 0 radical (unpaired) electrons. The normalized spacial score (nSPS) is 15.1. The summed E-state index contributed by atoms with van der Waals surface area (Å²) >= 11 is 0. The molecule has 1 aliphatic heterocycles. The zero-order chi connectivity index (χ0) is 24.6. The van der Waals surface area contributed by atoms with Crippen molar-refractivity contribution >= 4 is 21.6 Å². The summed E-state index contributed by atoms with van der Waals surface area (Å²) in [6, 6.07) is 11.0. The van der Waals surface area contributed by atoms with Crippen molar-refractivity contribution in [2.24, 2.45) is 0 Å². The zero-order valence-electron chi connectivity index (χ0n) is 19.7. The SMILES string of the molecule is CCOc1ccc(S(=O)(=O)N(CC(=O)NCCCN2CCN(C)CC2)c2ccc(F)cc2)cc1. The second kappa shape index (κ2) is 12.1. The first-order valence-electron chi connectivity index (χ1n) is 11.5. The van der Waals surface area contributed by atoms with E-state index in [1.54, 1.807) is 12.1 Å². The molecule has 186 valence electrons. The lowest BCUT2D eigenvalue weighted by atomic mass is 10.3. The highest BCUT2D eigenvalue weighted by Gasteiger charge is 2.27. The number of benzene rings is 2. The minimum Gasteiger partial charge on any atom is -0.494 e. The summed E-state index contributed by atoms with van der Waals surface area (Å²) in [6.07, 6.45) is 0.775. The van der Waals surface area contributed by atoms with Crippen LogP contribution in [0.25, 0.3) is 0 Å². The number of rotatable bonds is 11. The Morgan fingerprint density at radius 2 is 1.71 bits per heavy atom. The molecular formula is C24H33FN4O4S. The van der Waals surface area contributed by atoms with E-state index in [4.69, 9.17) is 4.74 Å². The van der Waals surface area contributed by atoms with Gasteiger partial charge in [0.15, 0.2) is 0 Å². The van der Waals surface area contributed by atoms with E-state index in [1.807, 2.05) is 6.92 Å². The van der Waals surface area contributed by atoms with Gasteiger partial charge in [0.25, 0.3) is 10.0 Å². The van der Waals surface area contributed by atoms with Crippen LogP contribution in [0.5, 0.6) is 5.75 Å². The molecule has 0 aromatic heterocycles. The first-order valence-corrected chi connectivity index (χ1v) is 12.9. The first-order chi connectivity index (χ1) is 16.3. The van der Waals surface area contributed by atoms with Crippen molar-refractivity contribution < 1.29 is 22.3 Å². The standard InChI is InChI=1S/C24H33FN4O4S/c1-3-33-22-9-11-23(12-10-22)34(31,32)29(21-7-5-20(25)6-8-21)19-24(30)26-13-4-14-28-17-15-27(2)16-18-28/h5-12H,3-4,13-19H2,1-2H3,(H,26,30). The highest BCUT2D eigenvalue weighted by molar-refractivity contribution is 7.92. The highest BCUT2D eigenvalue weighted by atomic mass is 32.2. The van der Waals surface area contributed by atoms with E-state index < -0.39 is 28.3 Å². The lowest BCUT2D eigenvalue weighted by Crippen LogP contribution is -2.45. The van der Waals surface area contributed by atoms with Gasteiger partial charge in [-0.25, -0.2) is 12.8 Å². The molecule has 0 atom stereocenters. The van der Waals surface area contributed by atoms with Crippen LogP contribution < -0.4 is 14.4 Å². The van der Waals surface area contributed by atoms with Gasteiger partial charge in [0, 0.05) is 32.7 Å². The number of sulfonamides is 1. The maximum Gasteiger partial charge on any atom is 0.264 e. The minimum atomic E-state index is -4.07. The van der Waals surface area contributed by atoms with Crippen LogP contribution in [0.3, 0.4) is 0 Å². The van der Waals surface area contributed by atoms with E-state index in [1.165, 1.54) is 36.4 Å². The van der Waals surface area contributed by atoms with Crippen molar-refractivity contribution in [3.63, 3.8) is 0 Å². The van der Waals surface area contributed by atoms with Gasteiger partial charge in [0.05, 0.1) is 17.2 Å². The summed E-state index contributed by atoms with van der Waals surface area (Å²) in [5.74, 6) is -0.361. The molecule has 34 heavy (non-hydrogen) atoms. The Hall–Kier alpha value is -2.69. The summed E-state index contributed by atoms with van der Waals surface area (Å²) in [7, 11) is -1.96. The number of nitrogens with zero attached hydrogens (tertiary/aromatic N) is 3. The van der Waals surface area contributed by atoms with Crippen molar-refractivity contribution in [3.05, 3.63) is 54.3 Å². The Morgan fingerprint density at radius 1 is 1.06 bits per heavy atom. The van der Waals surface area contributed by atoms with Crippen molar-refractivity contribution in [2.45, 2.75) is 18.2 Å². The van der Waals surface area contributed by atoms with Gasteiger partial charge in [0.1, 0.15) is 18.1 Å². The number of halogens is 1. The second-order valence-electron chi connectivity index (χ2n) is 8.24. The van der Waals surface area contributed by atoms with Crippen LogP contribution in [0.15, 0.2) is 53.4 Å². The molecule has 3 rings (SSSR count). The molecule has 1 heterocycles. The van der Waals surface area contributed by atoms with Gasteiger partial charge < -0.3 is 19.9 Å². The number of hydrogen-bond donors (Lipinski definition) is 1. The van der Waals surface area contributed by atoms with Crippen LogP contribution in [-0.4, -0.2) is 83.6 Å². The maximum absolute atomic E-state index is 13.5. The monoisotopic (exact) mass is 492 g/mol. The Labute approximate surface area is 201 Å². The molecule has 0 spiro atoms. The molecule has 1 saturated heterocycles. The fraction of sp³-hybridized carbons (Fsp3) is 0.458. The van der Waals surface area contributed by atoms with Crippen molar-refractivity contribution in [2.75, 3.05) is 63.8 Å². The molecule has 0 aliphatic carbocycles. The number of ether oxygens (including phenoxy) is 1. The number of nitrogens with one attached hydrogen (secondary N) is 1. The van der Waals surface area contributed by atoms with Gasteiger partial charge >= 0.3 is 0 Å². The number of piperazine rings is 1. The number of carbonyl (C=O) groups is 1. The highest BCUT2D eigenvalue weighted by Crippen LogP contribution is 2.25. The lowest BCUT2D eigenvalue weighted by Gasteiger charge is -2.32. The van der Waals surface area contributed by atoms with E-state index in [0.29, 0.717) is 18.9 Å². The summed E-state index contributed by atoms with van der Waals surface area (Å²) in [5, 5.41) is 2.82. The lowest BCUT2D eigenvalue weighted by molar-refractivity contribution is -0.119. The van der Waals surface area contributed by atoms with E-state index >= 15 is 0 Å². The van der Waals surface area contributed by atoms with Gasteiger partial charge in [-0.3, -0.25) is 9.10 Å². The molecule has 0 saturated carbocycles. The topological polar surface area (TPSA) is 82.2 Å². The van der Waals surface area contributed by atoms with Crippen molar-refractivity contribution in [1.29, 1.82) is 0 Å². The van der Waals surface area contributed by atoms with Gasteiger partial charge in [0.2, 0.25) is 5.91 Å². The molecule has 8 nitrogen and oxygen atoms in total. The maximum atomic E-state index is 13.5. The fourth-order valence-electron chi connectivity index (χ4n) is 3.71. The number of amides is 1. The largest absolute Gasteiger partial charge is 0.494 e. The van der Waals surface area contributed by atoms with Gasteiger partial charge in [-0.05, 0) is 75.5 Å². The number of hydrogen-bond acceptors (Lipinski definition) is 6. The molecule has 0 bridgehead atoms. The third-order valence-electron chi connectivity index (χ3n) is 5.69. The summed E-state index contributed by atoms with van der Waals surface area (Å²) < 4.78 is 46.6. The Bertz CT molecular complexity index is 1020. The molecule has 0 unspecified atom stereocenters. The molecule has 1 N–H and O–H groups in total. The quantitative estimate of drug-likeness (QED) is 0.484. The van der Waals surface area contributed by atoms with Crippen molar-refractivity contribution in [1.82, 2.24) is 15.1 Å². The van der Waals surface area contributed by atoms with Crippen LogP contribution >= 0.6 is 0 Å². The molecular weight excluding hydrogens is 459 g/mol. The fourth-order valence-corrected chi connectivity index (χ4v) is 5.13. The second-order valence-corrected chi connectivity index (χ2v) is 10.1. The van der Waals surface area contributed by atoms with E-state index in [-0.39, 0.29) is 10.6 Å². The van der Waals surface area contributed by atoms with E-state index in [2.05, 4.69) is 22.2 Å². The molecule has 2 aromatic rings. The van der Waals surface area contributed by atoms with E-state index in [0.717, 1.165) is 43.4 Å². The Morgan fingerprint density at radius 3 is 2.32 bits per heavy atom. The smallest absolute Gasteiger partial charge is 0.264 e. The van der Waals surface area contributed by atoms with Crippen LogP contribution in [-0.2, 0) is 14.8 Å². The average molecular weight is 493 g/mol. The Balaban J connectivity index is 1.65. The predicted molar refractivity (Wildman–Crippen MR) is 130 cm³/mol. The molecule has 1 amide bonds. The summed E-state index contributed by atoms with van der Waals surface area (Å²) in [4.78, 5) is 17.3. The van der Waals surface area contributed by atoms with Crippen LogP contribution in [0.2, 0.25) is 0 Å². The number of carbonyl (C=O) groups excluding carboxylic acids is 1. The van der Waals surface area contributed by atoms with Crippen molar-refractivity contribution in [3.8, 4) is 5.75 Å². The van der Waals surface area contributed by atoms with Gasteiger partial charge in [-0.15, -0.1) is 0 Å². The van der Waals surface area contributed by atoms with Gasteiger partial charge in [-0.2, -0.15) is 0 Å². The van der Waals surface area contributed by atoms with Crippen LogP contribution in [0.4, 0.5) is 10.1 Å². The van der Waals surface area contributed by atoms with Crippen LogP contribution in [0, 0.1) is 5.82 Å². The third kappa shape index (κ3) is 7.15. The molecule has 1 aliphatic rings. The Kier molecular flexibility index (Phi) is 9.26. The summed E-state index contributed by atoms with van der Waals surface area (Å²) in [6.45, 7) is 7.28. The van der Waals surface area contributed by atoms with Gasteiger partial charge in [-0.1, -0.05) is 0 Å². The number of likely N-dealkylation sites (N-methyl/N-ethyl adjacent to an activating group) is 1. The molecule has 10 heteroatoms. The molecule has 2 aromatic carbocycles. The summed E-state index contributed by atoms with van der Waals surface area (Å²) in [5.41, 5.74) is 0.211. The predicted octanol–water partition coefficient (Wildman–Crippen LogP) is 2.17. The third-order valence-corrected chi connectivity index (χ3v) is 7.48. The zero-order valence-corrected chi connectivity index (χ0v) is 20.6. The minimum absolute atomic E-state index is 0.0168. The number of anilines is 1. The van der Waals surface area contributed by atoms with E-state index in [9.17, 15) is 17.6 Å². The first kappa shape index (κ1) is 25.9.